The molecule has 0 saturated carbocycles. The molecule has 32 heavy (non-hydrogen) atoms. The molecule has 1 aromatic carbocycles. The molecule has 1 N–H and O–H groups in total. The van der Waals surface area contributed by atoms with Crippen LogP contribution in [0.1, 0.15) is 40.2 Å². The van der Waals surface area contributed by atoms with E-state index in [2.05, 4.69) is 5.32 Å². The van der Waals surface area contributed by atoms with E-state index in [0.717, 1.165) is 0 Å². The molecule has 0 bridgehead atoms. The molecule has 0 aliphatic heterocycles. The second-order valence-corrected chi connectivity index (χ2v) is 10.2. The average Bonchev–Trinajstić information content (AvgIpc) is 2.67. The van der Waals surface area contributed by atoms with Gasteiger partial charge in [0.05, 0.1) is 17.7 Å². The molecule has 2 aromatic rings. The second-order valence-electron chi connectivity index (χ2n) is 7.39. The van der Waals surface area contributed by atoms with E-state index in [-0.39, 0.29) is 40.2 Å². The second kappa shape index (κ2) is 10.6. The number of amides is 1. The lowest BCUT2D eigenvalue weighted by Gasteiger charge is -2.23. The molecule has 0 aliphatic carbocycles. The predicted octanol–water partition coefficient (Wildman–Crippen LogP) is 6.44. The van der Waals surface area contributed by atoms with Gasteiger partial charge in [0.15, 0.2) is 5.76 Å². The van der Waals surface area contributed by atoms with Crippen molar-refractivity contribution in [2.75, 3.05) is 18.5 Å². The van der Waals surface area contributed by atoms with Gasteiger partial charge in [-0.05, 0) is 58.9 Å². The SMILES string of the molecule is CCOP(=O)(OCC)c1c(NC(=O)OC(C)(C)C)oc(-c2ccc(Cl)cc2)c(C#N)c1=S. The smallest absolute Gasteiger partial charge is 0.414 e. The molecule has 0 aliphatic rings. The van der Waals surface area contributed by atoms with Crippen molar-refractivity contribution in [3.05, 3.63) is 39.4 Å². The highest BCUT2D eigenvalue weighted by molar-refractivity contribution is 7.73. The Labute approximate surface area is 197 Å². The summed E-state index contributed by atoms with van der Waals surface area (Å²) in [5.41, 5.74) is -0.402. The van der Waals surface area contributed by atoms with Gasteiger partial charge in [-0.25, -0.2) is 4.79 Å². The Balaban J connectivity index is 2.82. The van der Waals surface area contributed by atoms with Crippen LogP contribution in [0.3, 0.4) is 0 Å². The standard InChI is InChI=1S/C21H24ClN2O6PS/c1-6-27-31(26,28-7-2)17-18(32)15(12-23)16(13-8-10-14(22)11-9-13)29-19(17)24-20(25)30-21(3,4)5/h8-11H,6-7H2,1-5H3,(H,24,25). The van der Waals surface area contributed by atoms with E-state index in [9.17, 15) is 14.6 Å². The maximum Gasteiger partial charge on any atom is 0.414 e. The molecule has 1 aromatic heterocycles. The van der Waals surface area contributed by atoms with Crippen LogP contribution >= 0.6 is 31.4 Å². The van der Waals surface area contributed by atoms with Gasteiger partial charge in [-0.3, -0.25) is 9.88 Å². The number of benzene rings is 1. The molecule has 0 fully saturated rings. The Morgan fingerprint density at radius 2 is 1.78 bits per heavy atom. The van der Waals surface area contributed by atoms with Crippen molar-refractivity contribution >= 4 is 48.7 Å². The van der Waals surface area contributed by atoms with Crippen molar-refractivity contribution in [3.63, 3.8) is 0 Å². The van der Waals surface area contributed by atoms with Gasteiger partial charge in [0.1, 0.15) is 22.5 Å². The summed E-state index contributed by atoms with van der Waals surface area (Å²) in [4.78, 5) is 12.5. The fourth-order valence-electron chi connectivity index (χ4n) is 2.67. The van der Waals surface area contributed by atoms with Gasteiger partial charge in [0.2, 0.25) is 5.88 Å². The van der Waals surface area contributed by atoms with Crippen molar-refractivity contribution in [1.82, 2.24) is 0 Å². The lowest BCUT2D eigenvalue weighted by Crippen LogP contribution is -2.29. The average molecular weight is 499 g/mol. The predicted molar refractivity (Wildman–Crippen MR) is 125 cm³/mol. The number of halogens is 1. The first-order valence-corrected chi connectivity index (χ1v) is 12.1. The Hall–Kier alpha value is -2.21. The Bertz CT molecular complexity index is 1130. The molecule has 172 valence electrons. The number of anilines is 1. The number of ether oxygens (including phenoxy) is 1. The zero-order valence-electron chi connectivity index (χ0n) is 18.4. The Morgan fingerprint density at radius 3 is 2.25 bits per heavy atom. The van der Waals surface area contributed by atoms with E-state index >= 15 is 0 Å². The maximum absolute atomic E-state index is 13.6. The highest BCUT2D eigenvalue weighted by atomic mass is 35.5. The normalized spacial score (nSPS) is 11.7. The van der Waals surface area contributed by atoms with E-state index in [1.807, 2.05) is 6.07 Å². The lowest BCUT2D eigenvalue weighted by atomic mass is 10.1. The summed E-state index contributed by atoms with van der Waals surface area (Å²) in [6.07, 6.45) is -0.872. The number of hydrogen-bond acceptors (Lipinski definition) is 8. The van der Waals surface area contributed by atoms with Crippen molar-refractivity contribution < 1.29 is 27.6 Å². The molecule has 0 atom stereocenters. The van der Waals surface area contributed by atoms with E-state index in [4.69, 9.17) is 42.0 Å². The molecule has 2 rings (SSSR count). The van der Waals surface area contributed by atoms with Gasteiger partial charge in [0, 0.05) is 10.6 Å². The van der Waals surface area contributed by atoms with Gasteiger partial charge in [-0.15, -0.1) is 0 Å². The summed E-state index contributed by atoms with van der Waals surface area (Å²) < 4.78 is 35.5. The van der Waals surface area contributed by atoms with E-state index < -0.39 is 19.3 Å². The van der Waals surface area contributed by atoms with Crippen LogP contribution in [0.2, 0.25) is 5.02 Å². The van der Waals surface area contributed by atoms with Crippen LogP contribution in [-0.2, 0) is 18.3 Å². The van der Waals surface area contributed by atoms with Crippen LogP contribution < -0.4 is 10.6 Å². The number of hydrogen-bond donors (Lipinski definition) is 1. The summed E-state index contributed by atoms with van der Waals surface area (Å²) in [7, 11) is -4.05. The van der Waals surface area contributed by atoms with Crippen molar-refractivity contribution in [1.29, 1.82) is 5.26 Å². The lowest BCUT2D eigenvalue weighted by molar-refractivity contribution is 0.0632. The molecule has 0 unspecified atom stereocenters. The third-order valence-corrected chi connectivity index (χ3v) is 6.78. The molecular weight excluding hydrogens is 475 g/mol. The van der Waals surface area contributed by atoms with Crippen molar-refractivity contribution in [2.24, 2.45) is 0 Å². The molecule has 11 heteroatoms. The van der Waals surface area contributed by atoms with Crippen LogP contribution in [0.15, 0.2) is 28.7 Å². The van der Waals surface area contributed by atoms with Gasteiger partial charge in [0.25, 0.3) is 0 Å². The highest BCUT2D eigenvalue weighted by Gasteiger charge is 2.36. The first-order chi connectivity index (χ1) is 15.0. The first-order valence-electron chi connectivity index (χ1n) is 9.72. The summed E-state index contributed by atoms with van der Waals surface area (Å²) in [6.45, 7) is 8.36. The van der Waals surface area contributed by atoms with Crippen LogP contribution in [0.4, 0.5) is 10.7 Å². The third-order valence-electron chi connectivity index (χ3n) is 3.79. The van der Waals surface area contributed by atoms with E-state index in [0.29, 0.717) is 10.6 Å². The minimum absolute atomic E-state index is 0.0265. The fraction of sp³-hybridized carbons (Fsp3) is 0.381. The molecule has 0 saturated heterocycles. The maximum atomic E-state index is 13.6. The highest BCUT2D eigenvalue weighted by Crippen LogP contribution is 2.50. The summed E-state index contributed by atoms with van der Waals surface area (Å²) in [5, 5.41) is 12.5. The third kappa shape index (κ3) is 6.18. The molecule has 0 radical (unpaired) electrons. The van der Waals surface area contributed by atoms with E-state index in [1.54, 1.807) is 58.9 Å². The van der Waals surface area contributed by atoms with Crippen LogP contribution in [0.5, 0.6) is 0 Å². The summed E-state index contributed by atoms with van der Waals surface area (Å²) >= 11 is 11.5. The zero-order valence-corrected chi connectivity index (χ0v) is 20.8. The number of carbonyl (C=O) groups excluding carboxylic acids is 1. The zero-order chi connectivity index (χ0) is 24.1. The van der Waals surface area contributed by atoms with Gasteiger partial charge < -0.3 is 18.2 Å². The summed E-state index contributed by atoms with van der Waals surface area (Å²) in [5.74, 6) is -0.234. The summed E-state index contributed by atoms with van der Waals surface area (Å²) in [6, 6.07) is 8.45. The van der Waals surface area contributed by atoms with Gasteiger partial charge in [-0.1, -0.05) is 23.8 Å². The minimum Gasteiger partial charge on any atom is -0.444 e. The Kier molecular flexibility index (Phi) is 8.63. The van der Waals surface area contributed by atoms with Crippen LogP contribution in [0, 0.1) is 15.8 Å². The fourth-order valence-corrected chi connectivity index (χ4v) is 5.08. The van der Waals surface area contributed by atoms with Crippen molar-refractivity contribution in [2.45, 2.75) is 40.2 Å². The van der Waals surface area contributed by atoms with Crippen molar-refractivity contribution in [3.8, 4) is 17.4 Å². The first kappa shape index (κ1) is 26.0. The van der Waals surface area contributed by atoms with Gasteiger partial charge in [-0.2, -0.15) is 5.26 Å². The minimum atomic E-state index is -4.05. The molecule has 8 nitrogen and oxygen atoms in total. The number of nitrogens with one attached hydrogen (secondary N) is 1. The van der Waals surface area contributed by atoms with Crippen LogP contribution in [-0.4, -0.2) is 24.9 Å². The molecule has 1 amide bonds. The number of rotatable bonds is 7. The number of nitrogens with zero attached hydrogens (tertiary/aromatic N) is 1. The number of carbonyl (C=O) groups is 1. The Morgan fingerprint density at radius 1 is 1.22 bits per heavy atom. The molecular formula is C21H24ClN2O6PS. The van der Waals surface area contributed by atoms with Gasteiger partial charge >= 0.3 is 13.7 Å². The topological polar surface area (TPSA) is 111 Å². The molecule has 0 spiro atoms. The molecule has 1 heterocycles. The quantitative estimate of drug-likeness (QED) is 0.343. The largest absolute Gasteiger partial charge is 0.444 e. The van der Waals surface area contributed by atoms with Crippen LogP contribution in [0.25, 0.3) is 11.3 Å². The van der Waals surface area contributed by atoms with E-state index in [1.165, 1.54) is 0 Å². The monoisotopic (exact) mass is 498 g/mol. The number of nitriles is 1.